The highest BCUT2D eigenvalue weighted by molar-refractivity contribution is 9.09. The van der Waals surface area contributed by atoms with E-state index >= 15 is 0 Å². The lowest BCUT2D eigenvalue weighted by atomic mass is 10.2. The van der Waals surface area contributed by atoms with Gasteiger partial charge in [0.15, 0.2) is 0 Å². The molecule has 1 fully saturated rings. The third-order valence-corrected chi connectivity index (χ3v) is 3.69. The molecule has 1 atom stereocenters. The van der Waals surface area contributed by atoms with Gasteiger partial charge in [-0.15, -0.1) is 0 Å². The smallest absolute Gasteiger partial charge is 0.255 e. The molecule has 0 aromatic carbocycles. The van der Waals surface area contributed by atoms with Gasteiger partial charge in [0.1, 0.15) is 0 Å². The second kappa shape index (κ2) is 4.95. The molecule has 2 heterocycles. The number of nitrogens with zero attached hydrogens (tertiary/aromatic N) is 2. The Kier molecular flexibility index (Phi) is 3.59. The van der Waals surface area contributed by atoms with Crippen molar-refractivity contribution in [2.75, 3.05) is 11.9 Å². The normalized spacial score (nSPS) is 20.1. The van der Waals surface area contributed by atoms with Crippen molar-refractivity contribution in [3.05, 3.63) is 29.6 Å². The average molecular weight is 283 g/mol. The number of carbonyl (C=O) groups is 1. The maximum Gasteiger partial charge on any atom is 0.255 e. The number of likely N-dealkylation sites (tertiary alicyclic amines) is 1. The maximum absolute atomic E-state index is 12.2. The molecule has 1 aliphatic rings. The zero-order valence-corrected chi connectivity index (χ0v) is 10.9. The summed E-state index contributed by atoms with van der Waals surface area (Å²) in [6, 6.07) is 2.24. The highest BCUT2D eigenvalue weighted by atomic mass is 79.9. The number of aryl methyl sites for hydroxylation is 1. The molecule has 2 rings (SSSR count). The second-order valence-corrected chi connectivity index (χ2v) is 4.85. The second-order valence-electron chi connectivity index (χ2n) is 4.20. The van der Waals surface area contributed by atoms with Crippen LogP contribution in [-0.2, 0) is 0 Å². The lowest BCUT2D eigenvalue weighted by Crippen LogP contribution is -2.36. The van der Waals surface area contributed by atoms with E-state index in [1.54, 1.807) is 12.4 Å². The van der Waals surface area contributed by atoms with Crippen LogP contribution in [0.25, 0.3) is 0 Å². The zero-order valence-electron chi connectivity index (χ0n) is 9.32. The first-order valence-corrected chi connectivity index (χ1v) is 6.63. The molecule has 1 aromatic rings. The van der Waals surface area contributed by atoms with Gasteiger partial charge in [0, 0.05) is 30.3 Å². The predicted octanol–water partition coefficient (Wildman–Crippen LogP) is 2.39. The van der Waals surface area contributed by atoms with Crippen LogP contribution in [0.3, 0.4) is 0 Å². The Morgan fingerprint density at radius 3 is 3.12 bits per heavy atom. The van der Waals surface area contributed by atoms with E-state index in [-0.39, 0.29) is 5.91 Å². The molecule has 0 spiro atoms. The van der Waals surface area contributed by atoms with E-state index in [1.165, 1.54) is 0 Å². The SMILES string of the molecule is Cc1cncc(C(=O)N2CCCC2CBr)c1. The fraction of sp³-hybridized carbons (Fsp3) is 0.500. The predicted molar refractivity (Wildman–Crippen MR) is 66.8 cm³/mol. The van der Waals surface area contributed by atoms with Crippen LogP contribution >= 0.6 is 15.9 Å². The molecule has 1 amide bonds. The summed E-state index contributed by atoms with van der Waals surface area (Å²) in [7, 11) is 0. The summed E-state index contributed by atoms with van der Waals surface area (Å²) < 4.78 is 0. The van der Waals surface area contributed by atoms with Crippen molar-refractivity contribution in [2.45, 2.75) is 25.8 Å². The Morgan fingerprint density at radius 1 is 1.62 bits per heavy atom. The van der Waals surface area contributed by atoms with Gasteiger partial charge in [0.05, 0.1) is 5.56 Å². The Balaban J connectivity index is 2.18. The van der Waals surface area contributed by atoms with Crippen LogP contribution in [0.4, 0.5) is 0 Å². The molecule has 86 valence electrons. The highest BCUT2D eigenvalue weighted by Crippen LogP contribution is 2.21. The standard InChI is InChI=1S/C12H15BrN2O/c1-9-5-10(8-14-7-9)12(16)15-4-2-3-11(15)6-13/h5,7-8,11H,2-4,6H2,1H3. The number of carbonyl (C=O) groups excluding carboxylic acids is 1. The summed E-state index contributed by atoms with van der Waals surface area (Å²) in [5.41, 5.74) is 1.73. The van der Waals surface area contributed by atoms with Gasteiger partial charge in [-0.05, 0) is 31.4 Å². The van der Waals surface area contributed by atoms with Gasteiger partial charge in [-0.25, -0.2) is 0 Å². The van der Waals surface area contributed by atoms with Crippen LogP contribution in [0, 0.1) is 6.92 Å². The topological polar surface area (TPSA) is 33.2 Å². The van der Waals surface area contributed by atoms with Gasteiger partial charge < -0.3 is 4.90 Å². The van der Waals surface area contributed by atoms with E-state index in [9.17, 15) is 4.79 Å². The molecule has 3 nitrogen and oxygen atoms in total. The molecule has 0 N–H and O–H groups in total. The van der Waals surface area contributed by atoms with Crippen molar-refractivity contribution >= 4 is 21.8 Å². The van der Waals surface area contributed by atoms with E-state index < -0.39 is 0 Å². The number of amides is 1. The lowest BCUT2D eigenvalue weighted by molar-refractivity contribution is 0.0750. The van der Waals surface area contributed by atoms with Crippen LogP contribution in [-0.4, -0.2) is 33.7 Å². The summed E-state index contributed by atoms with van der Waals surface area (Å²) in [6.07, 6.45) is 5.61. The molecule has 1 aromatic heterocycles. The third-order valence-electron chi connectivity index (χ3n) is 2.94. The molecule has 4 heteroatoms. The molecular formula is C12H15BrN2O. The monoisotopic (exact) mass is 282 g/mol. The van der Waals surface area contributed by atoms with Gasteiger partial charge >= 0.3 is 0 Å². The molecule has 1 unspecified atom stereocenters. The summed E-state index contributed by atoms with van der Waals surface area (Å²) in [5.74, 6) is 0.109. The highest BCUT2D eigenvalue weighted by Gasteiger charge is 2.28. The van der Waals surface area contributed by atoms with Crippen molar-refractivity contribution in [1.29, 1.82) is 0 Å². The average Bonchev–Trinajstić information content (AvgIpc) is 2.76. The molecule has 1 aliphatic heterocycles. The molecule has 16 heavy (non-hydrogen) atoms. The number of aromatic nitrogens is 1. The lowest BCUT2D eigenvalue weighted by Gasteiger charge is -2.23. The molecule has 0 radical (unpaired) electrons. The van der Waals surface area contributed by atoms with Crippen LogP contribution in [0.5, 0.6) is 0 Å². The van der Waals surface area contributed by atoms with Crippen molar-refractivity contribution in [2.24, 2.45) is 0 Å². The van der Waals surface area contributed by atoms with Crippen LogP contribution in [0.1, 0.15) is 28.8 Å². The van der Waals surface area contributed by atoms with Crippen molar-refractivity contribution in [3.8, 4) is 0 Å². The summed E-state index contributed by atoms with van der Waals surface area (Å²) in [5, 5.41) is 0.859. The van der Waals surface area contributed by atoms with E-state index in [0.29, 0.717) is 11.6 Å². The number of hydrogen-bond acceptors (Lipinski definition) is 2. The third kappa shape index (κ3) is 2.26. The Hall–Kier alpha value is -0.900. The van der Waals surface area contributed by atoms with Gasteiger partial charge in [-0.3, -0.25) is 9.78 Å². The first-order valence-electron chi connectivity index (χ1n) is 5.51. The summed E-state index contributed by atoms with van der Waals surface area (Å²) in [4.78, 5) is 18.3. The van der Waals surface area contributed by atoms with Gasteiger partial charge in [0.2, 0.25) is 0 Å². The first-order chi connectivity index (χ1) is 7.72. The zero-order chi connectivity index (χ0) is 11.5. The minimum atomic E-state index is 0.109. The minimum Gasteiger partial charge on any atom is -0.335 e. The maximum atomic E-state index is 12.2. The Bertz CT molecular complexity index is 394. The largest absolute Gasteiger partial charge is 0.335 e. The van der Waals surface area contributed by atoms with Crippen molar-refractivity contribution in [3.63, 3.8) is 0 Å². The van der Waals surface area contributed by atoms with E-state index in [1.807, 2.05) is 17.9 Å². The van der Waals surface area contributed by atoms with E-state index in [4.69, 9.17) is 0 Å². The van der Waals surface area contributed by atoms with Crippen molar-refractivity contribution < 1.29 is 4.79 Å². The van der Waals surface area contributed by atoms with Crippen molar-refractivity contribution in [1.82, 2.24) is 9.88 Å². The summed E-state index contributed by atoms with van der Waals surface area (Å²) in [6.45, 7) is 2.82. The van der Waals surface area contributed by atoms with Crippen LogP contribution in [0.15, 0.2) is 18.5 Å². The van der Waals surface area contributed by atoms with E-state index in [0.717, 1.165) is 30.3 Å². The molecule has 1 saturated heterocycles. The van der Waals surface area contributed by atoms with E-state index in [2.05, 4.69) is 20.9 Å². The Labute approximate surface area is 104 Å². The van der Waals surface area contributed by atoms with Gasteiger partial charge in [-0.2, -0.15) is 0 Å². The molecule has 0 bridgehead atoms. The van der Waals surface area contributed by atoms with Crippen LogP contribution < -0.4 is 0 Å². The molecule has 0 aliphatic carbocycles. The van der Waals surface area contributed by atoms with Gasteiger partial charge in [0.25, 0.3) is 5.91 Å². The number of pyridine rings is 1. The molecule has 0 saturated carbocycles. The van der Waals surface area contributed by atoms with Gasteiger partial charge in [-0.1, -0.05) is 15.9 Å². The first kappa shape index (κ1) is 11.6. The number of hydrogen-bond donors (Lipinski definition) is 0. The summed E-state index contributed by atoms with van der Waals surface area (Å²) >= 11 is 3.46. The quantitative estimate of drug-likeness (QED) is 0.781. The fourth-order valence-electron chi connectivity index (χ4n) is 2.10. The Morgan fingerprint density at radius 2 is 2.44 bits per heavy atom. The number of alkyl halides is 1. The van der Waals surface area contributed by atoms with Crippen LogP contribution in [0.2, 0.25) is 0 Å². The number of halogens is 1. The molecular weight excluding hydrogens is 268 g/mol. The fourth-order valence-corrected chi connectivity index (χ4v) is 2.77. The minimum absolute atomic E-state index is 0.109. The number of rotatable bonds is 2.